The monoisotopic (exact) mass is 516 g/mol. The highest BCUT2D eigenvalue weighted by atomic mass is 35.5. The normalized spacial score (nSPS) is 28.0. The van der Waals surface area contributed by atoms with Gasteiger partial charge in [-0.05, 0) is 73.0 Å². The largest absolute Gasteiger partial charge is 0.399 e. The summed E-state index contributed by atoms with van der Waals surface area (Å²) in [7, 11) is 2.14. The first-order chi connectivity index (χ1) is 17.3. The number of hydrogen-bond donors (Lipinski definition) is 4. The van der Waals surface area contributed by atoms with Crippen LogP contribution >= 0.6 is 11.6 Å². The standard InChI is InChI=1S/C25H34ClFN8O/c1-34-6-8-35(9-7-34)19-3-2-17(28)10-16(19)12-30-14-25-5-4-15(11-25)21(20(25)22(29)36)32-23-18(27)13-31-24(26)33-23/h2-3,10,13,15,20-21,30H,4-9,11-12,14,28H2,1H3,(H2,29,36)(H,31,32,33). The van der Waals surface area contributed by atoms with E-state index in [-0.39, 0.29) is 34.4 Å². The molecular formula is C25H34ClFN8O. The molecule has 1 aromatic carbocycles. The smallest absolute Gasteiger partial charge is 0.224 e. The fourth-order valence-electron chi connectivity index (χ4n) is 6.55. The number of halogens is 2. The minimum Gasteiger partial charge on any atom is -0.399 e. The summed E-state index contributed by atoms with van der Waals surface area (Å²) in [4.78, 5) is 25.1. The highest BCUT2D eigenvalue weighted by molar-refractivity contribution is 6.28. The van der Waals surface area contributed by atoms with Crippen LogP contribution in [0.1, 0.15) is 24.8 Å². The van der Waals surface area contributed by atoms with Crippen LogP contribution < -0.4 is 27.0 Å². The van der Waals surface area contributed by atoms with E-state index in [1.165, 1.54) is 5.69 Å². The second kappa shape index (κ2) is 9.99. The molecule has 5 rings (SSSR count). The first kappa shape index (κ1) is 25.0. The summed E-state index contributed by atoms with van der Waals surface area (Å²) in [6.45, 7) is 5.26. The fraction of sp³-hybridized carbons (Fsp3) is 0.560. The van der Waals surface area contributed by atoms with Gasteiger partial charge in [0.15, 0.2) is 11.6 Å². The molecule has 36 heavy (non-hydrogen) atoms. The van der Waals surface area contributed by atoms with Crippen LogP contribution in [-0.4, -0.2) is 66.6 Å². The summed E-state index contributed by atoms with van der Waals surface area (Å²) >= 11 is 5.88. The highest BCUT2D eigenvalue weighted by Crippen LogP contribution is 2.58. The molecule has 0 radical (unpaired) electrons. The number of primary amides is 1. The number of likely N-dealkylation sites (N-methyl/N-ethyl adjacent to an activating group) is 1. The molecule has 1 saturated heterocycles. The predicted octanol–water partition coefficient (Wildman–Crippen LogP) is 2.08. The second-order valence-electron chi connectivity index (χ2n) is 10.5. The van der Waals surface area contributed by atoms with Crippen molar-refractivity contribution < 1.29 is 9.18 Å². The molecule has 2 saturated carbocycles. The van der Waals surface area contributed by atoms with E-state index in [1.807, 2.05) is 12.1 Å². The zero-order valence-corrected chi connectivity index (χ0v) is 21.3. The molecule has 6 N–H and O–H groups in total. The summed E-state index contributed by atoms with van der Waals surface area (Å²) in [5, 5.41) is 6.71. The molecule has 1 aliphatic heterocycles. The zero-order valence-electron chi connectivity index (χ0n) is 20.5. The summed E-state index contributed by atoms with van der Waals surface area (Å²) < 4.78 is 14.3. The van der Waals surface area contributed by atoms with Crippen LogP contribution in [0.4, 0.5) is 21.6 Å². The highest BCUT2D eigenvalue weighted by Gasteiger charge is 2.59. The Kier molecular flexibility index (Phi) is 6.93. The summed E-state index contributed by atoms with van der Waals surface area (Å²) in [5.41, 5.74) is 14.8. The van der Waals surface area contributed by atoms with Gasteiger partial charge in [-0.25, -0.2) is 9.37 Å². The first-order valence-electron chi connectivity index (χ1n) is 12.5. The molecule has 1 amide bonds. The number of anilines is 3. The number of carbonyl (C=O) groups excluding carboxylic acids is 1. The summed E-state index contributed by atoms with van der Waals surface area (Å²) in [6, 6.07) is 5.78. The average molecular weight is 517 g/mol. The van der Waals surface area contributed by atoms with Gasteiger partial charge >= 0.3 is 0 Å². The quantitative estimate of drug-likeness (QED) is 0.310. The summed E-state index contributed by atoms with van der Waals surface area (Å²) in [6.07, 6.45) is 3.71. The van der Waals surface area contributed by atoms with Crippen molar-refractivity contribution in [1.82, 2.24) is 20.2 Å². The Morgan fingerprint density at radius 2 is 2.08 bits per heavy atom. The van der Waals surface area contributed by atoms with Gasteiger partial charge in [0, 0.05) is 56.7 Å². The van der Waals surface area contributed by atoms with E-state index >= 15 is 0 Å². The molecule has 9 nitrogen and oxygen atoms in total. The van der Waals surface area contributed by atoms with E-state index in [1.54, 1.807) is 0 Å². The van der Waals surface area contributed by atoms with Crippen molar-refractivity contribution in [3.63, 3.8) is 0 Å². The minimum atomic E-state index is -0.601. The second-order valence-corrected chi connectivity index (χ2v) is 10.9. The Labute approximate surface area is 215 Å². The number of nitrogens with one attached hydrogen (secondary N) is 2. The van der Waals surface area contributed by atoms with Crippen molar-refractivity contribution >= 4 is 34.7 Å². The number of benzene rings is 1. The van der Waals surface area contributed by atoms with E-state index in [9.17, 15) is 9.18 Å². The van der Waals surface area contributed by atoms with Crippen molar-refractivity contribution in [2.24, 2.45) is 23.0 Å². The number of carbonyl (C=O) groups is 1. The van der Waals surface area contributed by atoms with Crippen LogP contribution in [0.15, 0.2) is 24.4 Å². The molecule has 11 heteroatoms. The third kappa shape index (κ3) is 4.81. The lowest BCUT2D eigenvalue weighted by atomic mass is 9.72. The maximum Gasteiger partial charge on any atom is 0.224 e. The third-order valence-electron chi connectivity index (χ3n) is 8.27. The molecule has 4 unspecified atom stereocenters. The maximum atomic E-state index is 14.3. The molecule has 4 atom stereocenters. The molecule has 2 heterocycles. The van der Waals surface area contributed by atoms with E-state index in [2.05, 4.69) is 43.5 Å². The molecule has 2 aromatic rings. The lowest BCUT2D eigenvalue weighted by molar-refractivity contribution is -0.125. The Balaban J connectivity index is 1.30. The molecule has 2 bridgehead atoms. The lowest BCUT2D eigenvalue weighted by Gasteiger charge is -2.38. The SMILES string of the molecule is CN1CCN(c2ccc(N)cc2CNCC23CCC(C2)C(Nc2nc(Cl)ncc2F)C3C(N)=O)CC1. The number of nitrogens with zero attached hydrogens (tertiary/aromatic N) is 4. The topological polar surface area (TPSA) is 125 Å². The van der Waals surface area contributed by atoms with Crippen LogP contribution in [-0.2, 0) is 11.3 Å². The van der Waals surface area contributed by atoms with E-state index in [4.69, 9.17) is 23.1 Å². The molecule has 2 aliphatic carbocycles. The number of nitrogens with two attached hydrogens (primary N) is 2. The molecule has 194 valence electrons. The van der Waals surface area contributed by atoms with Crippen LogP contribution in [0.25, 0.3) is 0 Å². The van der Waals surface area contributed by atoms with Crippen molar-refractivity contribution in [3.8, 4) is 0 Å². The number of piperazine rings is 1. The minimum absolute atomic E-state index is 0.0125. The van der Waals surface area contributed by atoms with Crippen LogP contribution in [0.3, 0.4) is 0 Å². The van der Waals surface area contributed by atoms with Gasteiger partial charge in [-0.2, -0.15) is 4.98 Å². The number of nitrogen functional groups attached to an aromatic ring is 1. The van der Waals surface area contributed by atoms with E-state index in [0.29, 0.717) is 13.1 Å². The van der Waals surface area contributed by atoms with Gasteiger partial charge in [0.1, 0.15) is 0 Å². The molecule has 0 spiro atoms. The Morgan fingerprint density at radius 1 is 1.31 bits per heavy atom. The number of amides is 1. The Hall–Kier alpha value is -2.69. The van der Waals surface area contributed by atoms with Gasteiger partial charge in [0.25, 0.3) is 0 Å². The first-order valence-corrected chi connectivity index (χ1v) is 12.9. The van der Waals surface area contributed by atoms with Gasteiger partial charge in [-0.1, -0.05) is 0 Å². The number of aromatic nitrogens is 2. The van der Waals surface area contributed by atoms with Crippen molar-refractivity contribution in [2.75, 3.05) is 55.7 Å². The predicted molar refractivity (Wildman–Crippen MR) is 139 cm³/mol. The molecular weight excluding hydrogens is 483 g/mol. The van der Waals surface area contributed by atoms with Gasteiger partial charge < -0.3 is 31.9 Å². The Morgan fingerprint density at radius 3 is 2.83 bits per heavy atom. The van der Waals surface area contributed by atoms with E-state index < -0.39 is 11.7 Å². The molecule has 3 fully saturated rings. The number of hydrogen-bond acceptors (Lipinski definition) is 8. The lowest BCUT2D eigenvalue weighted by Crippen LogP contribution is -2.50. The fourth-order valence-corrected chi connectivity index (χ4v) is 6.68. The van der Waals surface area contributed by atoms with Gasteiger partial charge in [0.2, 0.25) is 11.2 Å². The Bertz CT molecular complexity index is 1130. The van der Waals surface area contributed by atoms with Crippen LogP contribution in [0.5, 0.6) is 0 Å². The van der Waals surface area contributed by atoms with Crippen LogP contribution in [0, 0.1) is 23.1 Å². The van der Waals surface area contributed by atoms with Gasteiger partial charge in [0.05, 0.1) is 12.1 Å². The molecule has 1 aromatic heterocycles. The van der Waals surface area contributed by atoms with Gasteiger partial charge in [-0.3, -0.25) is 4.79 Å². The average Bonchev–Trinajstić information content (AvgIpc) is 3.39. The third-order valence-corrected chi connectivity index (χ3v) is 8.46. The van der Waals surface area contributed by atoms with E-state index in [0.717, 1.165) is 62.9 Å². The number of fused-ring (bicyclic) bond motifs is 2. The zero-order chi connectivity index (χ0) is 25.4. The maximum absolute atomic E-state index is 14.3. The van der Waals surface area contributed by atoms with Gasteiger partial charge in [-0.15, -0.1) is 0 Å². The summed E-state index contributed by atoms with van der Waals surface area (Å²) in [5.74, 6) is -1.21. The van der Waals surface area contributed by atoms with Crippen LogP contribution in [0.2, 0.25) is 5.28 Å². The van der Waals surface area contributed by atoms with Crippen molar-refractivity contribution in [3.05, 3.63) is 41.1 Å². The van der Waals surface area contributed by atoms with Crippen molar-refractivity contribution in [2.45, 2.75) is 31.8 Å². The number of rotatable bonds is 8. The van der Waals surface area contributed by atoms with Crippen molar-refractivity contribution in [1.29, 1.82) is 0 Å². The molecule has 3 aliphatic rings.